The molecule has 0 atom stereocenters. The minimum absolute atomic E-state index is 0.00987. The number of hydrogen-bond acceptors (Lipinski definition) is 6. The number of benzene rings is 1. The van der Waals surface area contributed by atoms with E-state index >= 15 is 0 Å². The summed E-state index contributed by atoms with van der Waals surface area (Å²) in [5, 5.41) is 0.532. The van der Waals surface area contributed by atoms with Crippen LogP contribution in [0.25, 0.3) is 0 Å². The summed E-state index contributed by atoms with van der Waals surface area (Å²) in [6, 6.07) is 8.02. The molecule has 1 aromatic carbocycles. The summed E-state index contributed by atoms with van der Waals surface area (Å²) in [5.41, 5.74) is 1.65. The summed E-state index contributed by atoms with van der Waals surface area (Å²) in [6.45, 7) is 6.10. The molecule has 0 spiro atoms. The number of piperidine rings is 1. The number of thiophene rings is 1. The second-order valence-corrected chi connectivity index (χ2v) is 14.6. The summed E-state index contributed by atoms with van der Waals surface area (Å²) in [6.07, 6.45) is 2.00. The van der Waals surface area contributed by atoms with Crippen LogP contribution in [0, 0.1) is 5.41 Å². The molecule has 1 aliphatic rings. The zero-order chi connectivity index (χ0) is 22.3. The highest BCUT2D eigenvalue weighted by atomic mass is 35.5. The van der Waals surface area contributed by atoms with Crippen LogP contribution in [0.1, 0.15) is 32.3 Å². The van der Waals surface area contributed by atoms with Gasteiger partial charge in [0.05, 0.1) is 16.5 Å². The van der Waals surface area contributed by atoms with Crippen LogP contribution in [-0.4, -0.2) is 48.3 Å². The van der Waals surface area contributed by atoms with Crippen molar-refractivity contribution >= 4 is 48.5 Å². The second kappa shape index (κ2) is 8.43. The van der Waals surface area contributed by atoms with Crippen molar-refractivity contribution in [1.29, 1.82) is 0 Å². The van der Waals surface area contributed by atoms with Crippen molar-refractivity contribution in [3.63, 3.8) is 0 Å². The first-order valence-corrected chi connectivity index (χ1v) is 13.9. The number of anilines is 1. The van der Waals surface area contributed by atoms with Gasteiger partial charge in [-0.15, -0.1) is 11.3 Å². The molecule has 6 nitrogen and oxygen atoms in total. The van der Waals surface area contributed by atoms with Crippen LogP contribution < -0.4 is 4.90 Å². The van der Waals surface area contributed by atoms with Gasteiger partial charge in [0.1, 0.15) is 8.42 Å². The molecule has 2 aromatic rings. The van der Waals surface area contributed by atoms with Crippen molar-refractivity contribution in [3.8, 4) is 0 Å². The Morgan fingerprint density at radius 2 is 1.63 bits per heavy atom. The van der Waals surface area contributed by atoms with E-state index in [4.69, 9.17) is 11.6 Å². The highest BCUT2D eigenvalue weighted by Crippen LogP contribution is 2.38. The van der Waals surface area contributed by atoms with Crippen molar-refractivity contribution < 1.29 is 16.8 Å². The lowest BCUT2D eigenvalue weighted by molar-refractivity contribution is 0.279. The highest BCUT2D eigenvalue weighted by molar-refractivity contribution is 7.94. The quantitative estimate of drug-likeness (QED) is 0.605. The first-order valence-electron chi connectivity index (χ1n) is 9.61. The van der Waals surface area contributed by atoms with Crippen LogP contribution >= 0.6 is 22.9 Å². The van der Waals surface area contributed by atoms with Gasteiger partial charge in [0.15, 0.2) is 9.84 Å². The molecular weight excluding hydrogens is 464 g/mol. The lowest BCUT2D eigenvalue weighted by atomic mass is 9.82. The molecule has 2 heterocycles. The van der Waals surface area contributed by atoms with E-state index in [2.05, 4.69) is 18.7 Å². The lowest BCUT2D eigenvalue weighted by Crippen LogP contribution is -2.38. The number of para-hydroxylation sites is 1. The predicted octanol–water partition coefficient (Wildman–Crippen LogP) is 4.25. The van der Waals surface area contributed by atoms with E-state index < -0.39 is 19.9 Å². The lowest BCUT2D eigenvalue weighted by Gasteiger charge is -2.39. The van der Waals surface area contributed by atoms with Gasteiger partial charge in [-0.3, -0.25) is 0 Å². The Bertz CT molecular complexity index is 1130. The number of nitrogens with zero attached hydrogens (tertiary/aromatic N) is 2. The summed E-state index contributed by atoms with van der Waals surface area (Å²) in [7, 11) is -4.57. The normalized spacial score (nSPS) is 17.5. The third-order valence-corrected chi connectivity index (χ3v) is 11.4. The van der Waals surface area contributed by atoms with Crippen molar-refractivity contribution in [1.82, 2.24) is 4.31 Å². The van der Waals surface area contributed by atoms with Gasteiger partial charge >= 0.3 is 0 Å². The van der Waals surface area contributed by atoms with E-state index in [-0.39, 0.29) is 19.6 Å². The van der Waals surface area contributed by atoms with E-state index in [0.29, 0.717) is 10.6 Å². The number of rotatable bonds is 6. The fourth-order valence-corrected chi connectivity index (χ4v) is 8.13. The number of hydrogen-bond donors (Lipinski definition) is 0. The average molecular weight is 491 g/mol. The summed E-state index contributed by atoms with van der Waals surface area (Å²) in [4.78, 5) is 2.16. The Labute approximate surface area is 188 Å². The Hall–Kier alpha value is -1.13. The second-order valence-electron chi connectivity index (χ2n) is 8.52. The van der Waals surface area contributed by atoms with Crippen molar-refractivity contribution in [3.05, 3.63) is 40.9 Å². The summed E-state index contributed by atoms with van der Waals surface area (Å²) in [5.74, 6) is -0.231. The van der Waals surface area contributed by atoms with Crippen LogP contribution in [0.2, 0.25) is 5.02 Å². The maximum atomic E-state index is 13.1. The molecule has 0 aliphatic carbocycles. The maximum Gasteiger partial charge on any atom is 0.252 e. The maximum absolute atomic E-state index is 13.1. The van der Waals surface area contributed by atoms with Gasteiger partial charge in [0, 0.05) is 27.2 Å². The monoisotopic (exact) mass is 490 g/mol. The van der Waals surface area contributed by atoms with Gasteiger partial charge in [0.25, 0.3) is 10.0 Å². The standard InChI is InChI=1S/C20H27ClN2O4S3/c1-20(2)10-12-23(13-11-20)19-15(6-5-7-16(19)21)14-29(24,25)17-8-9-18(28-17)30(26,27)22(3)4/h5-9H,10-14H2,1-4H3. The topological polar surface area (TPSA) is 74.8 Å². The minimum Gasteiger partial charge on any atom is -0.370 e. The third kappa shape index (κ3) is 4.85. The molecule has 10 heteroatoms. The van der Waals surface area contributed by atoms with E-state index in [0.717, 1.165) is 47.3 Å². The van der Waals surface area contributed by atoms with Crippen LogP contribution in [0.5, 0.6) is 0 Å². The smallest absolute Gasteiger partial charge is 0.252 e. The molecule has 0 N–H and O–H groups in total. The zero-order valence-corrected chi connectivity index (χ0v) is 20.8. The van der Waals surface area contributed by atoms with Crippen molar-refractivity contribution in [2.45, 2.75) is 40.9 Å². The van der Waals surface area contributed by atoms with Crippen molar-refractivity contribution in [2.24, 2.45) is 5.41 Å². The van der Waals surface area contributed by atoms with E-state index in [1.807, 2.05) is 0 Å². The van der Waals surface area contributed by atoms with Gasteiger partial charge in [0.2, 0.25) is 0 Å². The molecule has 166 valence electrons. The molecule has 3 rings (SSSR count). The Morgan fingerprint density at radius 3 is 2.23 bits per heavy atom. The molecule has 1 fully saturated rings. The van der Waals surface area contributed by atoms with E-state index in [1.165, 1.54) is 26.2 Å². The van der Waals surface area contributed by atoms with Crippen LogP contribution in [0.15, 0.2) is 38.8 Å². The Balaban J connectivity index is 1.92. The fourth-order valence-electron chi connectivity index (χ4n) is 3.43. The predicted molar refractivity (Wildman–Crippen MR) is 123 cm³/mol. The molecule has 1 saturated heterocycles. The molecule has 1 aromatic heterocycles. The fraction of sp³-hybridized carbons (Fsp3) is 0.500. The average Bonchev–Trinajstić information content (AvgIpc) is 3.14. The number of halogens is 1. The third-order valence-electron chi connectivity index (χ3n) is 5.45. The molecule has 1 aliphatic heterocycles. The van der Waals surface area contributed by atoms with Crippen LogP contribution in [0.4, 0.5) is 5.69 Å². The molecule has 30 heavy (non-hydrogen) atoms. The van der Waals surface area contributed by atoms with Gasteiger partial charge in [-0.2, -0.15) is 0 Å². The van der Waals surface area contributed by atoms with Gasteiger partial charge in [-0.1, -0.05) is 37.6 Å². The van der Waals surface area contributed by atoms with Gasteiger partial charge in [-0.05, 0) is 42.0 Å². The number of sulfonamides is 1. The highest BCUT2D eigenvalue weighted by Gasteiger charge is 2.30. The summed E-state index contributed by atoms with van der Waals surface area (Å²) >= 11 is 7.26. The Kier molecular flexibility index (Phi) is 6.61. The molecule has 0 saturated carbocycles. The minimum atomic E-state index is -3.73. The van der Waals surface area contributed by atoms with E-state index in [9.17, 15) is 16.8 Å². The van der Waals surface area contributed by atoms with Crippen LogP contribution in [-0.2, 0) is 25.6 Å². The van der Waals surface area contributed by atoms with Crippen LogP contribution in [0.3, 0.4) is 0 Å². The molecule has 0 radical (unpaired) electrons. The first-order chi connectivity index (χ1) is 13.8. The largest absolute Gasteiger partial charge is 0.370 e. The SMILES string of the molecule is CN(C)S(=O)(=O)c1ccc(S(=O)(=O)Cc2cccc(Cl)c2N2CCC(C)(C)CC2)s1. The van der Waals surface area contributed by atoms with E-state index in [1.54, 1.807) is 18.2 Å². The van der Waals surface area contributed by atoms with Gasteiger partial charge < -0.3 is 4.90 Å². The van der Waals surface area contributed by atoms with Gasteiger partial charge in [-0.25, -0.2) is 21.1 Å². The zero-order valence-electron chi connectivity index (χ0n) is 17.6. The Morgan fingerprint density at radius 1 is 1.03 bits per heavy atom. The van der Waals surface area contributed by atoms with Crippen molar-refractivity contribution in [2.75, 3.05) is 32.1 Å². The molecule has 0 amide bonds. The number of sulfone groups is 1. The molecular formula is C20H27ClN2O4S3. The molecule has 0 bridgehead atoms. The molecule has 0 unspecified atom stereocenters. The summed E-state index contributed by atoms with van der Waals surface area (Å²) < 4.78 is 51.9. The first kappa shape index (κ1) is 23.5.